The maximum absolute atomic E-state index is 13.9. The highest BCUT2D eigenvalue weighted by molar-refractivity contribution is 8.19. The van der Waals surface area contributed by atoms with Crippen molar-refractivity contribution in [2.45, 2.75) is 6.61 Å². The standard InChI is InChI=1S/C23H15ClFNO3S/c24-17-9-11-18(12-10-17)26-22(27)21(30-23(26)28)13-15-5-2-4-8-20(15)29-14-16-6-1-3-7-19(16)25/h1-13H,14H2. The van der Waals surface area contributed by atoms with Crippen LogP contribution in [0.2, 0.25) is 5.02 Å². The van der Waals surface area contributed by atoms with Crippen LogP contribution in [0.1, 0.15) is 11.1 Å². The van der Waals surface area contributed by atoms with E-state index >= 15 is 0 Å². The normalized spacial score (nSPS) is 15.1. The Bertz CT molecular complexity index is 1150. The summed E-state index contributed by atoms with van der Waals surface area (Å²) in [6, 6.07) is 19.9. The van der Waals surface area contributed by atoms with Gasteiger partial charge in [0.2, 0.25) is 0 Å². The van der Waals surface area contributed by atoms with E-state index in [2.05, 4.69) is 0 Å². The van der Waals surface area contributed by atoms with Gasteiger partial charge in [0, 0.05) is 16.1 Å². The first-order valence-electron chi connectivity index (χ1n) is 9.02. The number of rotatable bonds is 5. The molecule has 1 fully saturated rings. The van der Waals surface area contributed by atoms with Crippen molar-refractivity contribution in [1.29, 1.82) is 0 Å². The molecule has 3 aromatic carbocycles. The van der Waals surface area contributed by atoms with Crippen molar-refractivity contribution in [3.05, 3.63) is 99.7 Å². The van der Waals surface area contributed by atoms with Gasteiger partial charge in [0.05, 0.1) is 10.6 Å². The Kier molecular flexibility index (Phi) is 5.88. The molecule has 1 saturated heterocycles. The lowest BCUT2D eigenvalue weighted by molar-refractivity contribution is -0.113. The fraction of sp³-hybridized carbons (Fsp3) is 0.0435. The summed E-state index contributed by atoms with van der Waals surface area (Å²) >= 11 is 6.74. The van der Waals surface area contributed by atoms with E-state index in [1.165, 1.54) is 6.07 Å². The number of carbonyl (C=O) groups excluding carboxylic acids is 2. The van der Waals surface area contributed by atoms with Crippen LogP contribution in [0, 0.1) is 5.82 Å². The third-order valence-corrected chi connectivity index (χ3v) is 5.55. The summed E-state index contributed by atoms with van der Waals surface area (Å²) in [4.78, 5) is 26.6. The average molecular weight is 440 g/mol. The molecule has 1 aliphatic rings. The van der Waals surface area contributed by atoms with Gasteiger partial charge in [0.15, 0.2) is 0 Å². The maximum Gasteiger partial charge on any atom is 0.298 e. The first kappa shape index (κ1) is 20.2. The molecule has 0 saturated carbocycles. The molecule has 0 unspecified atom stereocenters. The SMILES string of the molecule is O=C1SC(=Cc2ccccc2OCc2ccccc2F)C(=O)N1c1ccc(Cl)cc1. The number of amides is 2. The van der Waals surface area contributed by atoms with E-state index < -0.39 is 11.1 Å². The first-order chi connectivity index (χ1) is 14.5. The lowest BCUT2D eigenvalue weighted by Crippen LogP contribution is -2.27. The van der Waals surface area contributed by atoms with Gasteiger partial charge in [-0.25, -0.2) is 9.29 Å². The molecule has 0 N–H and O–H groups in total. The molecule has 0 spiro atoms. The lowest BCUT2D eigenvalue weighted by Gasteiger charge is -2.12. The van der Waals surface area contributed by atoms with Gasteiger partial charge in [-0.1, -0.05) is 48.0 Å². The Balaban J connectivity index is 1.58. The van der Waals surface area contributed by atoms with E-state index in [0.29, 0.717) is 27.6 Å². The Morgan fingerprint density at radius 2 is 1.67 bits per heavy atom. The van der Waals surface area contributed by atoms with Gasteiger partial charge in [-0.05, 0) is 54.2 Å². The van der Waals surface area contributed by atoms with Gasteiger partial charge in [0.25, 0.3) is 11.1 Å². The van der Waals surface area contributed by atoms with Crippen LogP contribution in [0.4, 0.5) is 14.9 Å². The van der Waals surface area contributed by atoms with Gasteiger partial charge in [-0.3, -0.25) is 9.59 Å². The number of benzene rings is 3. The number of anilines is 1. The zero-order valence-electron chi connectivity index (χ0n) is 15.5. The fourth-order valence-corrected chi connectivity index (χ4v) is 3.88. The Morgan fingerprint density at radius 1 is 0.967 bits per heavy atom. The van der Waals surface area contributed by atoms with E-state index in [-0.39, 0.29) is 17.3 Å². The van der Waals surface area contributed by atoms with E-state index in [9.17, 15) is 14.0 Å². The van der Waals surface area contributed by atoms with E-state index in [4.69, 9.17) is 16.3 Å². The van der Waals surface area contributed by atoms with Crippen molar-refractivity contribution in [2.24, 2.45) is 0 Å². The number of carbonyl (C=O) groups is 2. The second kappa shape index (κ2) is 8.73. The predicted molar refractivity (Wildman–Crippen MR) is 117 cm³/mol. The molecule has 4 rings (SSSR count). The van der Waals surface area contributed by atoms with Crippen molar-refractivity contribution >= 4 is 46.3 Å². The molecule has 3 aromatic rings. The number of thioether (sulfide) groups is 1. The number of hydrogen-bond donors (Lipinski definition) is 0. The molecular weight excluding hydrogens is 425 g/mol. The van der Waals surface area contributed by atoms with Crippen molar-refractivity contribution in [3.63, 3.8) is 0 Å². The van der Waals surface area contributed by atoms with Crippen LogP contribution in [0.3, 0.4) is 0 Å². The lowest BCUT2D eigenvalue weighted by atomic mass is 10.1. The highest BCUT2D eigenvalue weighted by atomic mass is 35.5. The predicted octanol–water partition coefficient (Wildman–Crippen LogP) is 6.30. The van der Waals surface area contributed by atoms with Gasteiger partial charge >= 0.3 is 0 Å². The summed E-state index contributed by atoms with van der Waals surface area (Å²) in [6.45, 7) is 0.0454. The van der Waals surface area contributed by atoms with Crippen LogP contribution >= 0.6 is 23.4 Å². The quantitative estimate of drug-likeness (QED) is 0.438. The minimum Gasteiger partial charge on any atom is -0.488 e. The number of halogens is 2. The summed E-state index contributed by atoms with van der Waals surface area (Å²) in [7, 11) is 0. The minimum absolute atomic E-state index is 0.0454. The van der Waals surface area contributed by atoms with Crippen molar-refractivity contribution in [2.75, 3.05) is 4.90 Å². The summed E-state index contributed by atoms with van der Waals surface area (Å²) in [5.74, 6) is -0.283. The second-order valence-electron chi connectivity index (χ2n) is 6.41. The summed E-state index contributed by atoms with van der Waals surface area (Å²) in [5.41, 5.74) is 1.50. The first-order valence-corrected chi connectivity index (χ1v) is 10.2. The van der Waals surface area contributed by atoms with Gasteiger partial charge in [-0.15, -0.1) is 0 Å². The van der Waals surface area contributed by atoms with Gasteiger partial charge < -0.3 is 4.74 Å². The van der Waals surface area contributed by atoms with Crippen molar-refractivity contribution in [1.82, 2.24) is 0 Å². The largest absolute Gasteiger partial charge is 0.488 e. The molecule has 1 heterocycles. The summed E-state index contributed by atoms with van der Waals surface area (Å²) in [6.07, 6.45) is 1.61. The summed E-state index contributed by atoms with van der Waals surface area (Å²) in [5, 5.41) is 0.125. The maximum atomic E-state index is 13.9. The molecule has 150 valence electrons. The second-order valence-corrected chi connectivity index (χ2v) is 7.84. The molecule has 0 radical (unpaired) electrons. The molecule has 30 heavy (non-hydrogen) atoms. The number of hydrogen-bond acceptors (Lipinski definition) is 4. The van der Waals surface area contributed by atoms with E-state index in [1.54, 1.807) is 72.8 Å². The fourth-order valence-electron chi connectivity index (χ4n) is 2.92. The van der Waals surface area contributed by atoms with E-state index in [1.807, 2.05) is 0 Å². The smallest absolute Gasteiger partial charge is 0.298 e. The summed E-state index contributed by atoms with van der Waals surface area (Å²) < 4.78 is 19.6. The number of nitrogens with zero attached hydrogens (tertiary/aromatic N) is 1. The zero-order chi connectivity index (χ0) is 21.1. The Labute approximate surface area is 181 Å². The molecular formula is C23H15ClFNO3S. The zero-order valence-corrected chi connectivity index (χ0v) is 17.1. The van der Waals surface area contributed by atoms with Crippen LogP contribution in [-0.2, 0) is 11.4 Å². The van der Waals surface area contributed by atoms with Gasteiger partial charge in [0.1, 0.15) is 18.2 Å². The van der Waals surface area contributed by atoms with Crippen LogP contribution in [0.15, 0.2) is 77.7 Å². The number of para-hydroxylation sites is 1. The Hall–Kier alpha value is -3.09. The van der Waals surface area contributed by atoms with Crippen LogP contribution in [0.5, 0.6) is 5.75 Å². The number of imide groups is 1. The van der Waals surface area contributed by atoms with E-state index in [0.717, 1.165) is 16.7 Å². The molecule has 1 aliphatic heterocycles. The molecule has 0 atom stereocenters. The van der Waals surface area contributed by atoms with Crippen molar-refractivity contribution < 1.29 is 18.7 Å². The third-order valence-electron chi connectivity index (χ3n) is 4.43. The highest BCUT2D eigenvalue weighted by Gasteiger charge is 2.36. The average Bonchev–Trinajstić information content (AvgIpc) is 3.02. The molecule has 0 aromatic heterocycles. The number of ether oxygens (including phenoxy) is 1. The topological polar surface area (TPSA) is 46.6 Å². The minimum atomic E-state index is -0.420. The van der Waals surface area contributed by atoms with Crippen molar-refractivity contribution in [3.8, 4) is 5.75 Å². The third kappa shape index (κ3) is 4.25. The molecule has 7 heteroatoms. The highest BCUT2D eigenvalue weighted by Crippen LogP contribution is 2.37. The molecule has 2 amide bonds. The van der Waals surface area contributed by atoms with Gasteiger partial charge in [-0.2, -0.15) is 0 Å². The molecule has 0 aliphatic carbocycles. The monoisotopic (exact) mass is 439 g/mol. The van der Waals surface area contributed by atoms with Crippen LogP contribution in [-0.4, -0.2) is 11.1 Å². The van der Waals surface area contributed by atoms with Crippen LogP contribution < -0.4 is 9.64 Å². The Morgan fingerprint density at radius 3 is 2.43 bits per heavy atom. The molecule has 4 nitrogen and oxygen atoms in total. The van der Waals surface area contributed by atoms with Crippen LogP contribution in [0.25, 0.3) is 6.08 Å². The molecule has 0 bridgehead atoms.